The van der Waals surface area contributed by atoms with Crippen LogP contribution in [-0.2, 0) is 12.0 Å². The Labute approximate surface area is 96.9 Å². The van der Waals surface area contributed by atoms with Crippen LogP contribution in [0, 0.1) is 10.7 Å². The SMILES string of the molecule is CCC(C)(C)c1n[nH]c(=S)n1CC(C)C. The zero-order valence-electron chi connectivity index (χ0n) is 10.3. The van der Waals surface area contributed by atoms with Crippen molar-refractivity contribution in [3.63, 3.8) is 0 Å². The summed E-state index contributed by atoms with van der Waals surface area (Å²) in [5, 5.41) is 7.26. The summed E-state index contributed by atoms with van der Waals surface area (Å²) in [4.78, 5) is 0. The van der Waals surface area contributed by atoms with Crippen LogP contribution in [-0.4, -0.2) is 14.8 Å². The van der Waals surface area contributed by atoms with Gasteiger partial charge >= 0.3 is 0 Å². The predicted octanol–water partition coefficient (Wildman–Crippen LogP) is 3.28. The summed E-state index contributed by atoms with van der Waals surface area (Å²) in [6.45, 7) is 11.9. The largest absolute Gasteiger partial charge is 0.303 e. The third kappa shape index (κ3) is 2.68. The summed E-state index contributed by atoms with van der Waals surface area (Å²) in [6.07, 6.45) is 1.06. The molecule has 0 fully saturated rings. The van der Waals surface area contributed by atoms with Crippen LogP contribution in [0.15, 0.2) is 0 Å². The lowest BCUT2D eigenvalue weighted by Gasteiger charge is -2.23. The van der Waals surface area contributed by atoms with Crippen LogP contribution in [0.2, 0.25) is 0 Å². The van der Waals surface area contributed by atoms with Crippen molar-refractivity contribution in [3.05, 3.63) is 10.6 Å². The molecular weight excluding hydrogens is 206 g/mol. The number of nitrogens with one attached hydrogen (secondary N) is 1. The molecule has 0 unspecified atom stereocenters. The summed E-state index contributed by atoms with van der Waals surface area (Å²) in [5.74, 6) is 1.66. The number of aromatic nitrogens is 3. The Morgan fingerprint density at radius 1 is 1.47 bits per heavy atom. The monoisotopic (exact) mass is 227 g/mol. The molecule has 1 aromatic rings. The summed E-state index contributed by atoms with van der Waals surface area (Å²) in [7, 11) is 0. The molecule has 0 bridgehead atoms. The molecule has 0 aliphatic carbocycles. The molecule has 0 atom stereocenters. The van der Waals surface area contributed by atoms with Crippen molar-refractivity contribution in [1.29, 1.82) is 0 Å². The Morgan fingerprint density at radius 2 is 2.07 bits per heavy atom. The lowest BCUT2D eigenvalue weighted by atomic mass is 9.89. The van der Waals surface area contributed by atoms with Gasteiger partial charge < -0.3 is 4.57 Å². The average Bonchev–Trinajstić information content (AvgIpc) is 2.48. The molecule has 0 radical (unpaired) electrons. The lowest BCUT2D eigenvalue weighted by molar-refractivity contribution is 0.415. The average molecular weight is 227 g/mol. The molecule has 0 aliphatic rings. The molecule has 4 heteroatoms. The molecule has 0 amide bonds. The maximum absolute atomic E-state index is 5.25. The van der Waals surface area contributed by atoms with Gasteiger partial charge in [-0.25, -0.2) is 0 Å². The van der Waals surface area contributed by atoms with Gasteiger partial charge in [0.15, 0.2) is 4.77 Å². The third-order valence-electron chi connectivity index (χ3n) is 2.80. The van der Waals surface area contributed by atoms with Gasteiger partial charge in [0.2, 0.25) is 0 Å². The second kappa shape index (κ2) is 4.47. The quantitative estimate of drug-likeness (QED) is 0.801. The van der Waals surface area contributed by atoms with Crippen molar-refractivity contribution >= 4 is 12.2 Å². The van der Waals surface area contributed by atoms with E-state index >= 15 is 0 Å². The molecule has 0 aliphatic heterocycles. The topological polar surface area (TPSA) is 33.6 Å². The van der Waals surface area contributed by atoms with E-state index in [9.17, 15) is 0 Å². The number of aromatic amines is 1. The molecule has 0 aromatic carbocycles. The molecule has 0 saturated heterocycles. The number of hydrogen-bond acceptors (Lipinski definition) is 2. The van der Waals surface area contributed by atoms with E-state index < -0.39 is 0 Å². The van der Waals surface area contributed by atoms with Crippen LogP contribution in [0.4, 0.5) is 0 Å². The van der Waals surface area contributed by atoms with E-state index in [0.29, 0.717) is 5.92 Å². The molecule has 0 spiro atoms. The molecule has 15 heavy (non-hydrogen) atoms. The van der Waals surface area contributed by atoms with E-state index in [0.717, 1.165) is 23.6 Å². The first-order chi connectivity index (χ1) is 6.88. The zero-order chi connectivity index (χ0) is 11.6. The molecule has 3 nitrogen and oxygen atoms in total. The highest BCUT2D eigenvalue weighted by molar-refractivity contribution is 7.71. The molecule has 1 aromatic heterocycles. The molecule has 0 saturated carbocycles. The lowest BCUT2D eigenvalue weighted by Crippen LogP contribution is -2.23. The Bertz CT molecular complexity index is 373. The maximum atomic E-state index is 5.25. The maximum Gasteiger partial charge on any atom is 0.195 e. The van der Waals surface area contributed by atoms with Gasteiger partial charge in [-0.1, -0.05) is 34.6 Å². The molecule has 1 N–H and O–H groups in total. The minimum Gasteiger partial charge on any atom is -0.303 e. The number of nitrogens with zero attached hydrogens (tertiary/aromatic N) is 2. The van der Waals surface area contributed by atoms with Crippen molar-refractivity contribution in [1.82, 2.24) is 14.8 Å². The smallest absolute Gasteiger partial charge is 0.195 e. The first kappa shape index (κ1) is 12.4. The van der Waals surface area contributed by atoms with E-state index in [2.05, 4.69) is 49.4 Å². The second-order valence-electron chi connectivity index (χ2n) is 5.09. The van der Waals surface area contributed by atoms with Gasteiger partial charge in [-0.2, -0.15) is 5.10 Å². The van der Waals surface area contributed by atoms with Crippen LogP contribution in [0.1, 0.15) is 46.9 Å². The van der Waals surface area contributed by atoms with E-state index in [-0.39, 0.29) is 5.41 Å². The number of rotatable bonds is 4. The van der Waals surface area contributed by atoms with Crippen LogP contribution in [0.5, 0.6) is 0 Å². The van der Waals surface area contributed by atoms with Gasteiger partial charge in [0.1, 0.15) is 5.82 Å². The number of hydrogen-bond donors (Lipinski definition) is 1. The van der Waals surface area contributed by atoms with E-state index in [1.807, 2.05) is 0 Å². The fraction of sp³-hybridized carbons (Fsp3) is 0.818. The minimum absolute atomic E-state index is 0.0858. The van der Waals surface area contributed by atoms with Gasteiger partial charge in [0.05, 0.1) is 0 Å². The zero-order valence-corrected chi connectivity index (χ0v) is 11.1. The predicted molar refractivity (Wildman–Crippen MR) is 65.6 cm³/mol. The van der Waals surface area contributed by atoms with E-state index in [1.54, 1.807) is 0 Å². The third-order valence-corrected chi connectivity index (χ3v) is 3.11. The highest BCUT2D eigenvalue weighted by Gasteiger charge is 2.25. The van der Waals surface area contributed by atoms with Crippen LogP contribution in [0.3, 0.4) is 0 Å². The first-order valence-corrected chi connectivity index (χ1v) is 5.95. The van der Waals surface area contributed by atoms with Crippen molar-refractivity contribution in [3.8, 4) is 0 Å². The van der Waals surface area contributed by atoms with Crippen molar-refractivity contribution < 1.29 is 0 Å². The van der Waals surface area contributed by atoms with Gasteiger partial charge in [0.25, 0.3) is 0 Å². The Morgan fingerprint density at radius 3 is 2.53 bits per heavy atom. The fourth-order valence-electron chi connectivity index (χ4n) is 1.53. The Balaban J connectivity index is 3.14. The van der Waals surface area contributed by atoms with Crippen molar-refractivity contribution in [2.45, 2.75) is 53.0 Å². The van der Waals surface area contributed by atoms with Crippen molar-refractivity contribution in [2.75, 3.05) is 0 Å². The van der Waals surface area contributed by atoms with Crippen LogP contribution < -0.4 is 0 Å². The minimum atomic E-state index is 0.0858. The first-order valence-electron chi connectivity index (χ1n) is 5.54. The van der Waals surface area contributed by atoms with Crippen LogP contribution >= 0.6 is 12.2 Å². The Kier molecular flexibility index (Phi) is 3.71. The highest BCUT2D eigenvalue weighted by Crippen LogP contribution is 2.25. The summed E-state index contributed by atoms with van der Waals surface area (Å²) in [6, 6.07) is 0. The second-order valence-corrected chi connectivity index (χ2v) is 5.48. The highest BCUT2D eigenvalue weighted by atomic mass is 32.1. The van der Waals surface area contributed by atoms with Crippen molar-refractivity contribution in [2.24, 2.45) is 5.92 Å². The molecule has 1 rings (SSSR count). The molecule has 86 valence electrons. The summed E-state index contributed by atoms with van der Waals surface area (Å²) < 4.78 is 2.86. The summed E-state index contributed by atoms with van der Waals surface area (Å²) >= 11 is 5.25. The van der Waals surface area contributed by atoms with E-state index in [1.165, 1.54) is 0 Å². The molecular formula is C11H21N3S. The standard InChI is InChI=1S/C11H21N3S/c1-6-11(4,5)9-12-13-10(15)14(9)7-8(2)3/h8H,6-7H2,1-5H3,(H,13,15). The fourth-order valence-corrected chi connectivity index (χ4v) is 1.73. The van der Waals surface area contributed by atoms with Gasteiger partial charge in [-0.15, -0.1) is 0 Å². The Hall–Kier alpha value is -0.640. The van der Waals surface area contributed by atoms with Gasteiger partial charge in [0, 0.05) is 12.0 Å². The van der Waals surface area contributed by atoms with Gasteiger partial charge in [-0.05, 0) is 24.6 Å². The number of H-pyrrole nitrogens is 1. The van der Waals surface area contributed by atoms with E-state index in [4.69, 9.17) is 12.2 Å². The normalized spacial score (nSPS) is 12.4. The van der Waals surface area contributed by atoms with Gasteiger partial charge in [-0.3, -0.25) is 5.10 Å². The molecule has 1 heterocycles. The van der Waals surface area contributed by atoms with Crippen LogP contribution in [0.25, 0.3) is 0 Å². The summed E-state index contributed by atoms with van der Waals surface area (Å²) in [5.41, 5.74) is 0.0858.